The number of hydrogen-bond donors (Lipinski definition) is 2. The molecule has 2 heterocycles. The minimum atomic E-state index is 0.172. The minimum absolute atomic E-state index is 0.172. The van der Waals surface area contributed by atoms with Crippen LogP contribution >= 0.6 is 0 Å². The maximum atomic E-state index is 6.05. The van der Waals surface area contributed by atoms with Crippen molar-refractivity contribution in [3.8, 4) is 0 Å². The summed E-state index contributed by atoms with van der Waals surface area (Å²) in [5.41, 5.74) is 0. The number of rotatable bonds is 6. The molecule has 146 valence electrons. The molecule has 1 atom stereocenters. The fraction of sp³-hybridized carbons (Fsp3) is 0.842. The molecule has 0 bridgehead atoms. The predicted molar refractivity (Wildman–Crippen MR) is 103 cm³/mol. The van der Waals surface area contributed by atoms with Crippen molar-refractivity contribution in [2.75, 3.05) is 19.7 Å². The Bertz CT molecular complexity index is 577. The lowest BCUT2D eigenvalue weighted by Crippen LogP contribution is -2.41. The minimum Gasteiger partial charge on any atom is -0.376 e. The average Bonchev–Trinajstić information content (AvgIpc) is 2.84. The Kier molecular flexibility index (Phi) is 7.29. The van der Waals surface area contributed by atoms with E-state index in [4.69, 9.17) is 9.73 Å². The number of hydrogen-bond acceptors (Lipinski definition) is 4. The highest BCUT2D eigenvalue weighted by atomic mass is 16.5. The zero-order chi connectivity index (χ0) is 18.2. The predicted octanol–water partition coefficient (Wildman–Crippen LogP) is 2.72. The Morgan fingerprint density at radius 3 is 2.77 bits per heavy atom. The van der Waals surface area contributed by atoms with Gasteiger partial charge in [0.1, 0.15) is 11.6 Å². The van der Waals surface area contributed by atoms with Crippen molar-refractivity contribution >= 4 is 5.96 Å². The second-order valence-electron chi connectivity index (χ2n) is 7.32. The SMILES string of the molecule is CCNC(=NCCOC1CCCCCC1)NC1CCCn2nc(C)nc21. The third-order valence-electron chi connectivity index (χ3n) is 5.15. The van der Waals surface area contributed by atoms with Gasteiger partial charge in [-0.3, -0.25) is 4.99 Å². The highest BCUT2D eigenvalue weighted by Gasteiger charge is 2.24. The van der Waals surface area contributed by atoms with Crippen molar-refractivity contribution < 1.29 is 4.74 Å². The number of aromatic nitrogens is 3. The normalized spacial score (nSPS) is 21.9. The van der Waals surface area contributed by atoms with Gasteiger partial charge in [-0.2, -0.15) is 5.10 Å². The summed E-state index contributed by atoms with van der Waals surface area (Å²) in [7, 11) is 0. The van der Waals surface area contributed by atoms with Crippen molar-refractivity contribution in [1.29, 1.82) is 0 Å². The van der Waals surface area contributed by atoms with E-state index in [-0.39, 0.29) is 6.04 Å². The summed E-state index contributed by atoms with van der Waals surface area (Å²) in [6, 6.07) is 0.172. The molecule has 26 heavy (non-hydrogen) atoms. The molecule has 3 rings (SSSR count). The van der Waals surface area contributed by atoms with E-state index in [9.17, 15) is 0 Å². The van der Waals surface area contributed by atoms with E-state index < -0.39 is 0 Å². The van der Waals surface area contributed by atoms with Gasteiger partial charge in [0, 0.05) is 13.1 Å². The Hall–Kier alpha value is -1.63. The lowest BCUT2D eigenvalue weighted by Gasteiger charge is -2.25. The monoisotopic (exact) mass is 362 g/mol. The van der Waals surface area contributed by atoms with Gasteiger partial charge in [0.25, 0.3) is 0 Å². The van der Waals surface area contributed by atoms with E-state index in [0.29, 0.717) is 19.3 Å². The maximum absolute atomic E-state index is 6.05. The Balaban J connectivity index is 1.51. The molecule has 0 aromatic carbocycles. The first kappa shape index (κ1) is 19.1. The first-order valence-electron chi connectivity index (χ1n) is 10.3. The van der Waals surface area contributed by atoms with Crippen molar-refractivity contribution in [3.05, 3.63) is 11.6 Å². The molecule has 7 nitrogen and oxygen atoms in total. The van der Waals surface area contributed by atoms with Crippen LogP contribution in [0, 0.1) is 6.92 Å². The van der Waals surface area contributed by atoms with E-state index in [1.165, 1.54) is 38.5 Å². The number of ether oxygens (including phenoxy) is 1. The fourth-order valence-electron chi connectivity index (χ4n) is 3.88. The molecular formula is C19H34N6O. The van der Waals surface area contributed by atoms with Gasteiger partial charge in [0.15, 0.2) is 5.96 Å². The molecule has 1 aromatic heterocycles. The Morgan fingerprint density at radius 2 is 2.00 bits per heavy atom. The van der Waals surface area contributed by atoms with Crippen molar-refractivity contribution in [2.24, 2.45) is 4.99 Å². The Labute approximate surface area is 157 Å². The molecule has 2 N–H and O–H groups in total. The van der Waals surface area contributed by atoms with E-state index in [1.54, 1.807) is 0 Å². The topological polar surface area (TPSA) is 76.4 Å². The average molecular weight is 363 g/mol. The molecule has 0 radical (unpaired) electrons. The van der Waals surface area contributed by atoms with Gasteiger partial charge in [-0.1, -0.05) is 25.7 Å². The van der Waals surface area contributed by atoms with Gasteiger partial charge in [0.05, 0.1) is 25.3 Å². The summed E-state index contributed by atoms with van der Waals surface area (Å²) in [4.78, 5) is 9.30. The summed E-state index contributed by atoms with van der Waals surface area (Å²) in [5.74, 6) is 2.71. The van der Waals surface area contributed by atoms with Crippen molar-refractivity contribution in [2.45, 2.75) is 83.9 Å². The van der Waals surface area contributed by atoms with Crippen LogP contribution in [0.5, 0.6) is 0 Å². The van der Waals surface area contributed by atoms with E-state index in [2.05, 4.69) is 27.6 Å². The number of nitrogens with zero attached hydrogens (tertiary/aromatic N) is 4. The van der Waals surface area contributed by atoms with Crippen LogP contribution in [-0.4, -0.2) is 46.5 Å². The second kappa shape index (κ2) is 9.90. The summed E-state index contributed by atoms with van der Waals surface area (Å²) in [5, 5.41) is 11.4. The number of aliphatic imine (C=N–C) groups is 1. The zero-order valence-corrected chi connectivity index (χ0v) is 16.3. The largest absolute Gasteiger partial charge is 0.376 e. The highest BCUT2D eigenvalue weighted by Crippen LogP contribution is 2.23. The van der Waals surface area contributed by atoms with Crippen LogP contribution in [-0.2, 0) is 11.3 Å². The molecule has 1 aliphatic carbocycles. The van der Waals surface area contributed by atoms with Crippen molar-refractivity contribution in [1.82, 2.24) is 25.4 Å². The third kappa shape index (κ3) is 5.43. The van der Waals surface area contributed by atoms with E-state index >= 15 is 0 Å². The zero-order valence-electron chi connectivity index (χ0n) is 16.3. The molecule has 7 heteroatoms. The first-order chi connectivity index (χ1) is 12.8. The van der Waals surface area contributed by atoms with Crippen LogP contribution in [0.2, 0.25) is 0 Å². The summed E-state index contributed by atoms with van der Waals surface area (Å²) < 4.78 is 8.08. The van der Waals surface area contributed by atoms with Crippen LogP contribution in [0.4, 0.5) is 0 Å². The summed E-state index contributed by atoms with van der Waals surface area (Å²) in [6.07, 6.45) is 10.3. The molecule has 1 fully saturated rings. The van der Waals surface area contributed by atoms with Crippen molar-refractivity contribution in [3.63, 3.8) is 0 Å². The standard InChI is InChI=1S/C19H34N6O/c1-3-20-19(21-12-14-26-16-9-6-4-5-7-10-16)23-17-11-8-13-25-18(17)22-15(2)24-25/h16-17H,3-14H2,1-2H3,(H2,20,21,23). The van der Waals surface area contributed by atoms with Gasteiger partial charge in [-0.25, -0.2) is 9.67 Å². The van der Waals surface area contributed by atoms with E-state index in [1.807, 2.05) is 11.6 Å². The lowest BCUT2D eigenvalue weighted by molar-refractivity contribution is 0.0487. The lowest BCUT2D eigenvalue weighted by atomic mass is 10.1. The van der Waals surface area contributed by atoms with Crippen LogP contribution in [0.1, 0.15) is 76.0 Å². The van der Waals surface area contributed by atoms with Gasteiger partial charge in [-0.05, 0) is 39.5 Å². The molecule has 0 spiro atoms. The highest BCUT2D eigenvalue weighted by molar-refractivity contribution is 5.80. The summed E-state index contributed by atoms with van der Waals surface area (Å²) >= 11 is 0. The Morgan fingerprint density at radius 1 is 1.19 bits per heavy atom. The van der Waals surface area contributed by atoms with Crippen LogP contribution in [0.25, 0.3) is 0 Å². The van der Waals surface area contributed by atoms with E-state index in [0.717, 1.165) is 43.5 Å². The number of nitrogens with one attached hydrogen (secondary N) is 2. The van der Waals surface area contributed by atoms with Crippen LogP contribution < -0.4 is 10.6 Å². The number of fused-ring (bicyclic) bond motifs is 1. The fourth-order valence-corrected chi connectivity index (χ4v) is 3.88. The van der Waals surface area contributed by atoms with Crippen LogP contribution in [0.15, 0.2) is 4.99 Å². The van der Waals surface area contributed by atoms with Crippen LogP contribution in [0.3, 0.4) is 0 Å². The molecule has 2 aliphatic rings. The van der Waals surface area contributed by atoms with Gasteiger partial charge in [-0.15, -0.1) is 0 Å². The molecule has 0 saturated heterocycles. The molecule has 0 amide bonds. The first-order valence-corrected chi connectivity index (χ1v) is 10.3. The van der Waals surface area contributed by atoms with Gasteiger partial charge >= 0.3 is 0 Å². The quantitative estimate of drug-likeness (QED) is 0.352. The maximum Gasteiger partial charge on any atom is 0.191 e. The molecule has 1 aromatic rings. The molecule has 1 saturated carbocycles. The summed E-state index contributed by atoms with van der Waals surface area (Å²) in [6.45, 7) is 7.22. The molecule has 1 aliphatic heterocycles. The second-order valence-corrected chi connectivity index (χ2v) is 7.32. The van der Waals surface area contributed by atoms with Gasteiger partial charge < -0.3 is 15.4 Å². The number of guanidine groups is 1. The van der Waals surface area contributed by atoms with Gasteiger partial charge in [0.2, 0.25) is 0 Å². The number of aryl methyl sites for hydroxylation is 2. The molecule has 1 unspecified atom stereocenters. The third-order valence-corrected chi connectivity index (χ3v) is 5.15. The smallest absolute Gasteiger partial charge is 0.191 e. The molecular weight excluding hydrogens is 328 g/mol.